The predicted octanol–water partition coefficient (Wildman–Crippen LogP) is 2.20. The van der Waals surface area contributed by atoms with Crippen LogP contribution in [0, 0.1) is 5.82 Å². The molecule has 0 bridgehead atoms. The summed E-state index contributed by atoms with van der Waals surface area (Å²) >= 11 is 0. The molecule has 3 atom stereocenters. The first-order valence-corrected chi connectivity index (χ1v) is 9.65. The second-order valence-corrected chi connectivity index (χ2v) is 8.51. The van der Waals surface area contributed by atoms with Gasteiger partial charge in [-0.05, 0) is 32.3 Å². The zero-order valence-electron chi connectivity index (χ0n) is 15.9. The molecule has 2 aromatic rings. The van der Waals surface area contributed by atoms with Crippen LogP contribution in [0.4, 0.5) is 14.5 Å². The van der Waals surface area contributed by atoms with Crippen LogP contribution in [-0.4, -0.2) is 46.5 Å². The third-order valence-corrected chi connectivity index (χ3v) is 6.69. The van der Waals surface area contributed by atoms with E-state index in [4.69, 9.17) is 10.5 Å². The van der Waals surface area contributed by atoms with Gasteiger partial charge in [-0.25, -0.2) is 13.6 Å². The standard InChI is InChI=1S/C20H21F2N3O4/c1-10-7-29-17-14-11(16(26)12(18(27)28)6-25(10)14)5-13(21)15(17)24-8-19(22)3-2-4-20(19,23)9-24/h5-6,10H,2-4,7-9,23H2,1H3,(H,27,28)/t10-,19?,20+/m0/s1. The molecule has 9 heteroatoms. The van der Waals surface area contributed by atoms with Gasteiger partial charge in [0.15, 0.2) is 11.6 Å². The van der Waals surface area contributed by atoms with E-state index >= 15 is 8.78 Å². The third kappa shape index (κ3) is 2.30. The minimum absolute atomic E-state index is 0.0463. The Morgan fingerprint density at radius 3 is 2.83 bits per heavy atom. The summed E-state index contributed by atoms with van der Waals surface area (Å²) in [5, 5.41) is 9.30. The van der Waals surface area contributed by atoms with Gasteiger partial charge in [0.25, 0.3) is 0 Å². The zero-order valence-corrected chi connectivity index (χ0v) is 15.9. The van der Waals surface area contributed by atoms with E-state index in [2.05, 4.69) is 0 Å². The molecule has 1 aliphatic carbocycles. The summed E-state index contributed by atoms with van der Waals surface area (Å²) in [6, 6.07) is 0.775. The average Bonchev–Trinajstić information content (AvgIpc) is 3.06. The van der Waals surface area contributed by atoms with E-state index in [9.17, 15) is 14.7 Å². The Bertz CT molecular complexity index is 1120. The van der Waals surface area contributed by atoms with Gasteiger partial charge in [0.2, 0.25) is 5.43 Å². The number of ether oxygens (including phenoxy) is 1. The van der Waals surface area contributed by atoms with E-state index in [0.717, 1.165) is 6.07 Å². The molecule has 2 fully saturated rings. The van der Waals surface area contributed by atoms with Crippen molar-refractivity contribution in [2.75, 3.05) is 24.6 Å². The van der Waals surface area contributed by atoms with Crippen molar-refractivity contribution in [3.05, 3.63) is 33.9 Å². The molecule has 1 unspecified atom stereocenters. The van der Waals surface area contributed by atoms with Crippen LogP contribution in [0.2, 0.25) is 0 Å². The van der Waals surface area contributed by atoms with Crippen LogP contribution in [0.25, 0.3) is 10.9 Å². The minimum Gasteiger partial charge on any atom is -0.487 e. The monoisotopic (exact) mass is 405 g/mol. The predicted molar refractivity (Wildman–Crippen MR) is 102 cm³/mol. The first-order chi connectivity index (χ1) is 13.7. The van der Waals surface area contributed by atoms with Gasteiger partial charge in [-0.1, -0.05) is 0 Å². The number of alkyl halides is 1. The van der Waals surface area contributed by atoms with Gasteiger partial charge >= 0.3 is 5.97 Å². The van der Waals surface area contributed by atoms with Crippen molar-refractivity contribution in [1.82, 2.24) is 4.57 Å². The van der Waals surface area contributed by atoms with E-state index in [1.54, 1.807) is 9.47 Å². The van der Waals surface area contributed by atoms with Gasteiger partial charge < -0.3 is 25.0 Å². The second kappa shape index (κ2) is 5.69. The van der Waals surface area contributed by atoms with Crippen molar-refractivity contribution in [1.29, 1.82) is 0 Å². The lowest BCUT2D eigenvalue weighted by Gasteiger charge is -2.31. The molecule has 154 valence electrons. The SMILES string of the molecule is C[C@H]1COc2c(N3CC4(F)CCC[C@@]4(N)C3)c(F)cc3c(=O)c(C(=O)O)cn1c23. The van der Waals surface area contributed by atoms with Crippen LogP contribution < -0.4 is 20.8 Å². The van der Waals surface area contributed by atoms with Crippen molar-refractivity contribution in [3.63, 3.8) is 0 Å². The number of carboxylic acids is 1. The number of hydrogen-bond acceptors (Lipinski definition) is 5. The van der Waals surface area contributed by atoms with Crippen LogP contribution in [0.1, 0.15) is 42.6 Å². The summed E-state index contributed by atoms with van der Waals surface area (Å²) in [6.45, 7) is 2.08. The Morgan fingerprint density at radius 1 is 1.38 bits per heavy atom. The molecule has 29 heavy (non-hydrogen) atoms. The highest BCUT2D eigenvalue weighted by molar-refractivity contribution is 5.97. The van der Waals surface area contributed by atoms with Gasteiger partial charge in [0.05, 0.1) is 29.0 Å². The van der Waals surface area contributed by atoms with Gasteiger partial charge in [0.1, 0.15) is 23.5 Å². The third-order valence-electron chi connectivity index (χ3n) is 6.69. The van der Waals surface area contributed by atoms with Crippen molar-refractivity contribution in [2.24, 2.45) is 5.73 Å². The number of benzene rings is 1. The lowest BCUT2D eigenvalue weighted by molar-refractivity contribution is 0.0694. The first-order valence-electron chi connectivity index (χ1n) is 9.65. The molecule has 0 amide bonds. The zero-order chi connectivity index (χ0) is 20.7. The van der Waals surface area contributed by atoms with Gasteiger partial charge in [0, 0.05) is 12.7 Å². The molecular weight excluding hydrogens is 384 g/mol. The molecule has 0 spiro atoms. The number of nitrogens with zero attached hydrogens (tertiary/aromatic N) is 2. The van der Waals surface area contributed by atoms with Crippen LogP contribution >= 0.6 is 0 Å². The van der Waals surface area contributed by atoms with Crippen molar-refractivity contribution < 1.29 is 23.4 Å². The number of halogens is 2. The molecule has 1 saturated carbocycles. The molecule has 0 radical (unpaired) electrons. The number of rotatable bonds is 2. The number of fused-ring (bicyclic) bond motifs is 1. The summed E-state index contributed by atoms with van der Waals surface area (Å²) < 4.78 is 38.1. The van der Waals surface area contributed by atoms with E-state index in [1.807, 2.05) is 6.92 Å². The number of anilines is 1. The maximum atomic E-state index is 15.4. The van der Waals surface area contributed by atoms with Crippen LogP contribution in [0.15, 0.2) is 17.1 Å². The largest absolute Gasteiger partial charge is 0.487 e. The van der Waals surface area contributed by atoms with Gasteiger partial charge in [-0.2, -0.15) is 0 Å². The molecule has 1 aromatic carbocycles. The lowest BCUT2D eigenvalue weighted by atomic mass is 9.89. The molecule has 5 rings (SSSR count). The van der Waals surface area contributed by atoms with E-state index in [0.29, 0.717) is 24.8 Å². The molecule has 7 nitrogen and oxygen atoms in total. The van der Waals surface area contributed by atoms with Crippen molar-refractivity contribution in [3.8, 4) is 5.75 Å². The number of nitrogens with two attached hydrogens (primary N) is 1. The molecular formula is C20H21F2N3O4. The fraction of sp³-hybridized carbons (Fsp3) is 0.500. The average molecular weight is 405 g/mol. The molecule has 2 aliphatic heterocycles. The Kier molecular flexibility index (Phi) is 3.60. The first kappa shape index (κ1) is 18.4. The Labute approximate surface area is 164 Å². The Hall–Kier alpha value is -2.68. The normalized spacial score (nSPS) is 30.5. The lowest BCUT2D eigenvalue weighted by Crippen LogP contribution is -2.53. The summed E-state index contributed by atoms with van der Waals surface area (Å²) in [5.41, 5.74) is 2.88. The number of pyridine rings is 1. The van der Waals surface area contributed by atoms with Crippen LogP contribution in [0.3, 0.4) is 0 Å². The fourth-order valence-electron chi connectivity index (χ4n) is 5.13. The maximum Gasteiger partial charge on any atom is 0.341 e. The fourth-order valence-corrected chi connectivity index (χ4v) is 5.13. The molecule has 3 aliphatic rings. The number of aromatic carboxylic acids is 1. The maximum absolute atomic E-state index is 15.4. The van der Waals surface area contributed by atoms with Gasteiger partial charge in [-0.3, -0.25) is 4.79 Å². The highest BCUT2D eigenvalue weighted by atomic mass is 19.1. The van der Waals surface area contributed by atoms with E-state index < -0.39 is 34.0 Å². The quantitative estimate of drug-likeness (QED) is 0.795. The van der Waals surface area contributed by atoms with Gasteiger partial charge in [-0.15, -0.1) is 0 Å². The number of carboxylic acid groups (broad SMARTS) is 1. The molecule has 3 N–H and O–H groups in total. The molecule has 3 heterocycles. The Balaban J connectivity index is 1.76. The molecule has 1 saturated heterocycles. The second-order valence-electron chi connectivity index (χ2n) is 8.51. The number of carbonyl (C=O) groups is 1. The summed E-state index contributed by atoms with van der Waals surface area (Å²) in [6.07, 6.45) is 2.81. The van der Waals surface area contributed by atoms with Crippen molar-refractivity contribution in [2.45, 2.75) is 43.4 Å². The topological polar surface area (TPSA) is 97.8 Å². The summed E-state index contributed by atoms with van der Waals surface area (Å²) in [4.78, 5) is 25.7. The van der Waals surface area contributed by atoms with E-state index in [-0.39, 0.29) is 42.6 Å². The van der Waals surface area contributed by atoms with Crippen LogP contribution in [0.5, 0.6) is 5.75 Å². The Morgan fingerprint density at radius 2 is 2.14 bits per heavy atom. The van der Waals surface area contributed by atoms with E-state index in [1.165, 1.54) is 6.20 Å². The highest BCUT2D eigenvalue weighted by Gasteiger charge is 2.60. The summed E-state index contributed by atoms with van der Waals surface area (Å²) in [5.74, 6) is -1.98. The molecule has 1 aromatic heterocycles. The van der Waals surface area contributed by atoms with Crippen LogP contribution in [-0.2, 0) is 0 Å². The van der Waals surface area contributed by atoms with Crippen molar-refractivity contribution >= 4 is 22.6 Å². The smallest absolute Gasteiger partial charge is 0.341 e. The minimum atomic E-state index is -1.60. The number of hydrogen-bond donors (Lipinski definition) is 2. The number of aromatic nitrogens is 1. The summed E-state index contributed by atoms with van der Waals surface area (Å²) in [7, 11) is 0. The highest BCUT2D eigenvalue weighted by Crippen LogP contribution is 2.50.